The molecule has 0 radical (unpaired) electrons. The van der Waals surface area contributed by atoms with E-state index < -0.39 is 102 Å². The van der Waals surface area contributed by atoms with Crippen LogP contribution in [0.3, 0.4) is 0 Å². The first-order chi connectivity index (χ1) is 43.1. The van der Waals surface area contributed by atoms with Crippen molar-refractivity contribution in [3.63, 3.8) is 0 Å². The summed E-state index contributed by atoms with van der Waals surface area (Å²) < 4.78 is 22.1. The first kappa shape index (κ1) is 68.2. The second kappa shape index (κ2) is 33.4. The normalized spacial score (nSPS) is 21.8. The van der Waals surface area contributed by atoms with Gasteiger partial charge < -0.3 is 59.4 Å². The summed E-state index contributed by atoms with van der Waals surface area (Å²) >= 11 is 0. The number of amides is 8. The fraction of sp³-hybridized carbons (Fsp3) is 0.448. The quantitative estimate of drug-likeness (QED) is 0.163. The van der Waals surface area contributed by atoms with Gasteiger partial charge in [0.15, 0.2) is 0 Å². The molecule has 8 amide bonds. The van der Waals surface area contributed by atoms with Gasteiger partial charge in [-0.15, -0.1) is 0 Å². The summed E-state index contributed by atoms with van der Waals surface area (Å²) in [5.41, 5.74) is 1.35. The molecule has 4 aromatic rings. The summed E-state index contributed by atoms with van der Waals surface area (Å²) in [6, 6.07) is 26.3. The van der Waals surface area contributed by atoms with Crippen molar-refractivity contribution in [2.24, 2.45) is 5.41 Å². The number of esters is 2. The first-order valence-corrected chi connectivity index (χ1v) is 30.5. The number of nitrogens with zero attached hydrogens (tertiary/aromatic N) is 5. The van der Waals surface area contributed by atoms with Crippen LogP contribution in [0.4, 0.5) is 10.5 Å². The first-order valence-electron chi connectivity index (χ1n) is 30.5. The van der Waals surface area contributed by atoms with Crippen LogP contribution >= 0.6 is 0 Å². The molecule has 0 spiro atoms. The number of piperidine rings is 1. The Morgan fingerprint density at radius 1 is 0.644 bits per heavy atom. The van der Waals surface area contributed by atoms with Crippen molar-refractivity contribution in [2.45, 2.75) is 115 Å². The van der Waals surface area contributed by atoms with E-state index in [0.29, 0.717) is 87.3 Å². The van der Waals surface area contributed by atoms with Crippen LogP contribution in [-0.4, -0.2) is 188 Å². The van der Waals surface area contributed by atoms with Gasteiger partial charge in [0.25, 0.3) is 5.91 Å². The Morgan fingerprint density at radius 3 is 1.96 bits per heavy atom. The van der Waals surface area contributed by atoms with Gasteiger partial charge in [0.1, 0.15) is 43.1 Å². The van der Waals surface area contributed by atoms with Crippen LogP contribution in [0.5, 0.6) is 5.75 Å². The van der Waals surface area contributed by atoms with E-state index in [1.54, 1.807) is 92.0 Å². The topological polar surface area (TPSA) is 277 Å². The van der Waals surface area contributed by atoms with Crippen molar-refractivity contribution in [3.8, 4) is 5.75 Å². The number of cyclic esters (lactones) is 2. The molecule has 2 saturated heterocycles. The molecule has 3 heterocycles. The molecule has 0 aliphatic carbocycles. The fourth-order valence-corrected chi connectivity index (χ4v) is 10.6. The number of fused-ring (bicyclic) bond motifs is 3. The second-order valence-electron chi connectivity index (χ2n) is 23.4. The molecule has 4 aromatic carbocycles. The lowest BCUT2D eigenvalue weighted by Crippen LogP contribution is -2.57. The van der Waals surface area contributed by atoms with Crippen molar-refractivity contribution >= 4 is 70.9 Å². The number of anilines is 1. The Labute approximate surface area is 524 Å². The van der Waals surface area contributed by atoms with E-state index in [0.717, 1.165) is 10.5 Å². The molecule has 4 atom stereocenters. The van der Waals surface area contributed by atoms with E-state index in [4.69, 9.17) is 18.9 Å². The monoisotopic (exact) mass is 1240 g/mol. The van der Waals surface area contributed by atoms with Gasteiger partial charge in [-0.05, 0) is 98.9 Å². The summed E-state index contributed by atoms with van der Waals surface area (Å²) in [5.74, 6) is -6.53. The van der Waals surface area contributed by atoms with Gasteiger partial charge in [0.05, 0.1) is 25.2 Å². The number of Topliss-reactive ketones (excluding diaryl/α,β-unsaturated/α-hetero) is 1. The number of nitrogens with one attached hydrogen (secondary N) is 3. The predicted molar refractivity (Wildman–Crippen MR) is 331 cm³/mol. The number of carbonyl (C=O) groups is 11. The van der Waals surface area contributed by atoms with Crippen molar-refractivity contribution in [1.29, 1.82) is 0 Å². The molecule has 3 aliphatic heterocycles. The second-order valence-corrected chi connectivity index (χ2v) is 23.4. The van der Waals surface area contributed by atoms with Crippen LogP contribution in [0, 0.1) is 5.41 Å². The summed E-state index contributed by atoms with van der Waals surface area (Å²) in [6.45, 7) is 3.71. The molecule has 3 aliphatic rings. The van der Waals surface area contributed by atoms with Crippen LogP contribution in [0.1, 0.15) is 87.5 Å². The zero-order valence-electron chi connectivity index (χ0n) is 51.9. The molecular formula is C67H82N8O15. The predicted octanol–water partition coefficient (Wildman–Crippen LogP) is 4.98. The molecule has 0 saturated carbocycles. The summed E-state index contributed by atoms with van der Waals surface area (Å²) in [6.07, 6.45) is 4.53. The zero-order chi connectivity index (χ0) is 64.7. The SMILES string of the molecule is CN1CCCCC=CC(=O)OCC(C)(C)C(=O)C(=O)N2CCCC[C@H]2C(=O)OCc2cccc(c2)NC(=O)CCC(=O)N(C)[C@@H](Cc2ccc(OC(=O)N3CCOCC3)cc2)C(=O)N[C@H](Cc2ccccc2)C(=O)N(C)CC(=O)N[C@H](Cc2ccccc2)C1=O. The maximum Gasteiger partial charge on any atom is 0.415 e. The lowest BCUT2D eigenvalue weighted by Gasteiger charge is -2.35. The molecule has 90 heavy (non-hydrogen) atoms. The van der Waals surface area contributed by atoms with E-state index in [2.05, 4.69) is 16.0 Å². The Hall–Kier alpha value is -9.25. The summed E-state index contributed by atoms with van der Waals surface area (Å²) in [4.78, 5) is 159. The third-order valence-corrected chi connectivity index (χ3v) is 15.9. The minimum Gasteiger partial charge on any atom is -0.461 e. The summed E-state index contributed by atoms with van der Waals surface area (Å²) in [7, 11) is 4.44. The molecule has 2 bridgehead atoms. The third-order valence-electron chi connectivity index (χ3n) is 15.9. The van der Waals surface area contributed by atoms with Gasteiger partial charge in [0.2, 0.25) is 41.2 Å². The van der Waals surface area contributed by atoms with E-state index in [1.165, 1.54) is 53.6 Å². The smallest absolute Gasteiger partial charge is 0.415 e. The molecule has 2 fully saturated rings. The third kappa shape index (κ3) is 20.4. The molecule has 3 N–H and O–H groups in total. The largest absolute Gasteiger partial charge is 0.461 e. The highest BCUT2D eigenvalue weighted by molar-refractivity contribution is 6.38. The number of likely N-dealkylation sites (N-methyl/N-ethyl adjacent to an activating group) is 3. The van der Waals surface area contributed by atoms with E-state index in [1.807, 2.05) is 30.3 Å². The van der Waals surface area contributed by atoms with Crippen LogP contribution in [0.15, 0.2) is 121 Å². The number of carbonyl (C=O) groups excluding carboxylic acids is 11. The summed E-state index contributed by atoms with van der Waals surface area (Å²) in [5, 5.41) is 8.49. The number of hydrogen-bond acceptors (Lipinski definition) is 15. The van der Waals surface area contributed by atoms with Gasteiger partial charge in [-0.3, -0.25) is 38.4 Å². The Kier molecular flexibility index (Phi) is 25.3. The van der Waals surface area contributed by atoms with Gasteiger partial charge in [0, 0.05) is 91.2 Å². The number of ether oxygens (including phenoxy) is 4. The number of morpholine rings is 1. The maximum atomic E-state index is 14.9. The highest BCUT2D eigenvalue weighted by Crippen LogP contribution is 2.26. The molecule has 23 heteroatoms. The van der Waals surface area contributed by atoms with Gasteiger partial charge in [-0.1, -0.05) is 91.0 Å². The zero-order valence-corrected chi connectivity index (χ0v) is 51.9. The van der Waals surface area contributed by atoms with Crippen molar-refractivity contribution in [3.05, 3.63) is 144 Å². The fourth-order valence-electron chi connectivity index (χ4n) is 10.6. The van der Waals surface area contributed by atoms with Crippen molar-refractivity contribution < 1.29 is 71.7 Å². The number of benzene rings is 4. The average Bonchev–Trinajstić information content (AvgIpc) is 2.83. The van der Waals surface area contributed by atoms with Gasteiger partial charge in [-0.2, -0.15) is 0 Å². The molecule has 23 nitrogen and oxygen atoms in total. The van der Waals surface area contributed by atoms with E-state index >= 15 is 0 Å². The highest BCUT2D eigenvalue weighted by atomic mass is 16.6. The van der Waals surface area contributed by atoms with Crippen LogP contribution in [0.2, 0.25) is 0 Å². The Morgan fingerprint density at radius 2 is 1.28 bits per heavy atom. The Balaban J connectivity index is 1.13. The van der Waals surface area contributed by atoms with E-state index in [9.17, 15) is 52.7 Å². The molecule has 0 unspecified atom stereocenters. The standard InChI is InChI=1S/C67H82N8O15/c1-67(2)45-89-59(79)26-14-6-7-16-33-71(3)62(82)52(40-46-19-10-8-11-20-46)69-57(77)43-72(4)63(83)53(41-47-21-12-9-13-22-47)70-61(81)55(42-48-27-29-51(30-28-48)90-66(86)74-35-37-87-38-36-74)73(5)58(78)32-31-56(76)68-50-24-18-23-49(39-50)44-88-65(85)54-25-15-17-34-75(54)64(84)60(67)80/h8-14,18-24,26-30,39,52-55H,6-7,15-17,25,31-38,40-45H2,1-5H3,(H,68,76)(H,69,77)(H,70,81)/t52-,53-,54+,55+/m1/s1. The molecule has 7 rings (SSSR count). The minimum atomic E-state index is -1.44. The van der Waals surface area contributed by atoms with Crippen LogP contribution in [-0.2, 0) is 88.0 Å². The minimum absolute atomic E-state index is 0.0187. The number of allylic oxidation sites excluding steroid dienone is 1. The molecule has 480 valence electrons. The number of ketones is 1. The Bertz CT molecular complexity index is 3210. The molecular weight excluding hydrogens is 1160 g/mol. The lowest BCUT2D eigenvalue weighted by molar-refractivity contribution is -0.162. The number of rotatable bonds is 7. The lowest BCUT2D eigenvalue weighted by atomic mass is 9.87. The maximum absolute atomic E-state index is 14.9. The number of hydrogen-bond donors (Lipinski definition) is 3. The van der Waals surface area contributed by atoms with Crippen LogP contribution < -0.4 is 20.7 Å². The van der Waals surface area contributed by atoms with Crippen LogP contribution in [0.25, 0.3) is 0 Å². The average molecular weight is 1240 g/mol. The highest BCUT2D eigenvalue weighted by Gasteiger charge is 2.42. The molecule has 0 aromatic heterocycles. The van der Waals surface area contributed by atoms with E-state index in [-0.39, 0.29) is 63.3 Å². The van der Waals surface area contributed by atoms with Gasteiger partial charge >= 0.3 is 18.0 Å². The van der Waals surface area contributed by atoms with Crippen molar-refractivity contribution in [2.75, 3.05) is 79.0 Å². The van der Waals surface area contributed by atoms with Crippen molar-refractivity contribution in [1.82, 2.24) is 35.1 Å². The van der Waals surface area contributed by atoms with Gasteiger partial charge in [-0.25, -0.2) is 14.4 Å².